The average molecular weight is 469 g/mol. The molecule has 0 saturated carbocycles. The normalized spacial score (nSPS) is 14.6. The number of aromatic nitrogens is 3. The van der Waals surface area contributed by atoms with E-state index in [4.69, 9.17) is 14.6 Å². The first-order valence-corrected chi connectivity index (χ1v) is 11.4. The van der Waals surface area contributed by atoms with Crippen LogP contribution in [-0.4, -0.2) is 58.3 Å². The second-order valence-corrected chi connectivity index (χ2v) is 8.88. The van der Waals surface area contributed by atoms with E-state index in [1.54, 1.807) is 29.8 Å². The van der Waals surface area contributed by atoms with Crippen molar-refractivity contribution < 1.29 is 23.5 Å². The highest BCUT2D eigenvalue weighted by molar-refractivity contribution is 5.94. The zero-order chi connectivity index (χ0) is 24.4. The van der Waals surface area contributed by atoms with Crippen LogP contribution in [0.4, 0.5) is 4.39 Å². The number of carbonyl (C=O) groups excluding carboxylic acids is 2. The zero-order valence-corrected chi connectivity index (χ0v) is 19.9. The molecule has 8 nitrogen and oxygen atoms in total. The highest BCUT2D eigenvalue weighted by Gasteiger charge is 2.25. The van der Waals surface area contributed by atoms with Gasteiger partial charge in [-0.25, -0.2) is 18.9 Å². The maximum absolute atomic E-state index is 13.5. The molecule has 34 heavy (non-hydrogen) atoms. The lowest BCUT2D eigenvalue weighted by Crippen LogP contribution is -2.38. The molecule has 1 aliphatic heterocycles. The van der Waals surface area contributed by atoms with Crippen LogP contribution in [0.1, 0.15) is 55.7 Å². The Kier molecular flexibility index (Phi) is 6.81. The topological polar surface area (TPSA) is 86.5 Å². The van der Waals surface area contributed by atoms with E-state index in [2.05, 4.69) is 4.98 Å². The molecule has 3 aromatic rings. The van der Waals surface area contributed by atoms with Gasteiger partial charge in [0.1, 0.15) is 11.6 Å². The fourth-order valence-corrected chi connectivity index (χ4v) is 4.22. The Bertz CT molecular complexity index is 1200. The van der Waals surface area contributed by atoms with Crippen molar-refractivity contribution in [3.05, 3.63) is 47.5 Å². The van der Waals surface area contributed by atoms with Crippen LogP contribution in [0.5, 0.6) is 5.75 Å². The van der Waals surface area contributed by atoms with Gasteiger partial charge in [-0.05, 0) is 48.9 Å². The Morgan fingerprint density at radius 3 is 2.44 bits per heavy atom. The van der Waals surface area contributed by atoms with Gasteiger partial charge in [-0.15, -0.1) is 0 Å². The Hall–Kier alpha value is -3.49. The van der Waals surface area contributed by atoms with E-state index in [1.807, 2.05) is 18.7 Å². The number of rotatable bonds is 6. The minimum Gasteiger partial charge on any atom is -0.492 e. The van der Waals surface area contributed by atoms with E-state index in [1.165, 1.54) is 19.2 Å². The molecule has 1 fully saturated rings. The summed E-state index contributed by atoms with van der Waals surface area (Å²) in [5, 5.41) is 5.47. The van der Waals surface area contributed by atoms with E-state index in [9.17, 15) is 14.0 Å². The van der Waals surface area contributed by atoms with Crippen molar-refractivity contribution in [3.8, 4) is 11.4 Å². The van der Waals surface area contributed by atoms with Crippen LogP contribution in [0.2, 0.25) is 0 Å². The molecule has 4 rings (SSSR count). The number of esters is 1. The number of carbonyl (C=O) groups is 2. The molecule has 2 aromatic heterocycles. The summed E-state index contributed by atoms with van der Waals surface area (Å²) in [6.07, 6.45) is 1.70. The lowest BCUT2D eigenvalue weighted by atomic mass is 9.98. The first kappa shape index (κ1) is 23.7. The van der Waals surface area contributed by atoms with Crippen LogP contribution in [-0.2, 0) is 9.53 Å². The number of hydrogen-bond acceptors (Lipinski definition) is 6. The van der Waals surface area contributed by atoms with Crippen molar-refractivity contribution in [3.63, 3.8) is 0 Å². The molecular formula is C25H29FN4O4. The lowest BCUT2D eigenvalue weighted by Gasteiger charge is -2.31. The van der Waals surface area contributed by atoms with Gasteiger partial charge in [-0.3, -0.25) is 4.79 Å². The number of halogens is 1. The quantitative estimate of drug-likeness (QED) is 0.506. The van der Waals surface area contributed by atoms with Crippen LogP contribution in [0.15, 0.2) is 30.3 Å². The molecule has 1 saturated heterocycles. The molecule has 180 valence electrons. The first-order chi connectivity index (χ1) is 16.3. The predicted molar refractivity (Wildman–Crippen MR) is 125 cm³/mol. The fraction of sp³-hybridized carbons (Fsp3) is 0.440. The molecular weight excluding hydrogens is 439 g/mol. The van der Waals surface area contributed by atoms with Gasteiger partial charge in [0.05, 0.1) is 30.5 Å². The largest absolute Gasteiger partial charge is 0.492 e. The third-order valence-electron chi connectivity index (χ3n) is 6.18. The zero-order valence-electron chi connectivity index (χ0n) is 19.9. The van der Waals surface area contributed by atoms with Crippen molar-refractivity contribution in [2.45, 2.75) is 39.5 Å². The van der Waals surface area contributed by atoms with Gasteiger partial charge >= 0.3 is 5.97 Å². The van der Waals surface area contributed by atoms with Gasteiger partial charge in [0.2, 0.25) is 5.91 Å². The number of nitrogens with zero attached hydrogens (tertiary/aromatic N) is 4. The summed E-state index contributed by atoms with van der Waals surface area (Å²) in [6.45, 7) is 7.50. The fourth-order valence-electron chi connectivity index (χ4n) is 4.22. The van der Waals surface area contributed by atoms with Crippen molar-refractivity contribution in [1.82, 2.24) is 19.7 Å². The predicted octanol–water partition coefficient (Wildman–Crippen LogP) is 4.11. The molecule has 0 atom stereocenters. The lowest BCUT2D eigenvalue weighted by molar-refractivity contribution is -0.130. The molecule has 0 radical (unpaired) electrons. The van der Waals surface area contributed by atoms with Crippen LogP contribution < -0.4 is 4.74 Å². The molecule has 0 bridgehead atoms. The SMILES string of the molecule is COC(=O)c1cc(OCC2CCN(C(C)=O)CC2)c2c(C(C)C)nn(-c3ccc(F)cc3)c2n1. The van der Waals surface area contributed by atoms with E-state index in [0.29, 0.717) is 42.2 Å². The summed E-state index contributed by atoms with van der Waals surface area (Å²) < 4.78 is 26.3. The summed E-state index contributed by atoms with van der Waals surface area (Å²) in [6, 6.07) is 7.53. The summed E-state index contributed by atoms with van der Waals surface area (Å²) in [5.41, 5.74) is 1.94. The third-order valence-corrected chi connectivity index (χ3v) is 6.18. The number of methoxy groups -OCH3 is 1. The Morgan fingerprint density at radius 1 is 1.18 bits per heavy atom. The number of likely N-dealkylation sites (tertiary alicyclic amines) is 1. The smallest absolute Gasteiger partial charge is 0.356 e. The Morgan fingerprint density at radius 2 is 1.85 bits per heavy atom. The third kappa shape index (κ3) is 4.73. The number of ether oxygens (including phenoxy) is 2. The highest BCUT2D eigenvalue weighted by atomic mass is 19.1. The Balaban J connectivity index is 1.74. The van der Waals surface area contributed by atoms with Crippen LogP contribution in [0.25, 0.3) is 16.7 Å². The minimum atomic E-state index is -0.584. The molecule has 0 N–H and O–H groups in total. The standard InChI is InChI=1S/C25H29FN4O4/c1-15(2)23-22-21(34-14-17-9-11-29(12-10-17)16(3)31)13-20(25(32)33-4)27-24(22)30(28-23)19-7-5-18(26)6-8-19/h5-8,13,15,17H,9-12,14H2,1-4H3. The van der Waals surface area contributed by atoms with E-state index in [0.717, 1.165) is 18.5 Å². The van der Waals surface area contributed by atoms with Crippen molar-refractivity contribution >= 4 is 22.9 Å². The molecule has 0 unspecified atom stereocenters. The molecule has 1 aromatic carbocycles. The molecule has 0 aliphatic carbocycles. The summed E-state index contributed by atoms with van der Waals surface area (Å²) >= 11 is 0. The average Bonchev–Trinajstić information content (AvgIpc) is 3.23. The second-order valence-electron chi connectivity index (χ2n) is 8.88. The summed E-state index contributed by atoms with van der Waals surface area (Å²) in [4.78, 5) is 30.4. The first-order valence-electron chi connectivity index (χ1n) is 11.4. The second kappa shape index (κ2) is 9.79. The number of fused-ring (bicyclic) bond motifs is 1. The van der Waals surface area contributed by atoms with Crippen molar-refractivity contribution in [2.75, 3.05) is 26.8 Å². The monoisotopic (exact) mass is 468 g/mol. The number of pyridine rings is 1. The summed E-state index contributed by atoms with van der Waals surface area (Å²) in [7, 11) is 1.30. The van der Waals surface area contributed by atoms with Gasteiger partial charge in [-0.1, -0.05) is 13.8 Å². The molecule has 1 aliphatic rings. The van der Waals surface area contributed by atoms with E-state index >= 15 is 0 Å². The number of benzene rings is 1. The maximum atomic E-state index is 13.5. The molecule has 1 amide bonds. The Labute approximate surface area is 197 Å². The summed E-state index contributed by atoms with van der Waals surface area (Å²) in [5.74, 6) is 0.00199. The number of hydrogen-bond donors (Lipinski definition) is 0. The van der Waals surface area contributed by atoms with Crippen molar-refractivity contribution in [2.24, 2.45) is 5.92 Å². The highest BCUT2D eigenvalue weighted by Crippen LogP contribution is 2.35. The molecule has 0 spiro atoms. The van der Waals surface area contributed by atoms with Crippen LogP contribution in [0.3, 0.4) is 0 Å². The van der Waals surface area contributed by atoms with Crippen LogP contribution >= 0.6 is 0 Å². The van der Waals surface area contributed by atoms with E-state index in [-0.39, 0.29) is 29.3 Å². The van der Waals surface area contributed by atoms with Crippen molar-refractivity contribution in [1.29, 1.82) is 0 Å². The molecule has 9 heteroatoms. The number of amides is 1. The van der Waals surface area contributed by atoms with Gasteiger partial charge < -0.3 is 14.4 Å². The van der Waals surface area contributed by atoms with Gasteiger partial charge in [0, 0.05) is 26.1 Å². The van der Waals surface area contributed by atoms with Gasteiger partial charge in [0.15, 0.2) is 11.3 Å². The van der Waals surface area contributed by atoms with E-state index < -0.39 is 5.97 Å². The van der Waals surface area contributed by atoms with Gasteiger partial charge in [-0.2, -0.15) is 5.10 Å². The molecule has 3 heterocycles. The number of piperidine rings is 1. The maximum Gasteiger partial charge on any atom is 0.356 e. The minimum absolute atomic E-state index is 0.0520. The van der Waals surface area contributed by atoms with Crippen LogP contribution in [0, 0.1) is 11.7 Å². The van der Waals surface area contributed by atoms with Gasteiger partial charge in [0.25, 0.3) is 0 Å².